The predicted molar refractivity (Wildman–Crippen MR) is 132 cm³/mol. The van der Waals surface area contributed by atoms with Crippen molar-refractivity contribution in [2.24, 2.45) is 0 Å². The molecule has 0 saturated carbocycles. The second-order valence-electron chi connectivity index (χ2n) is 9.24. The summed E-state index contributed by atoms with van der Waals surface area (Å²) in [6, 6.07) is 4.88. The largest absolute Gasteiger partial charge is 0.504 e. The summed E-state index contributed by atoms with van der Waals surface area (Å²) < 4.78 is 28.8. The summed E-state index contributed by atoms with van der Waals surface area (Å²) in [5.41, 5.74) is -1.07. The van der Waals surface area contributed by atoms with E-state index in [1.807, 2.05) is 0 Å². The first-order valence-electron chi connectivity index (χ1n) is 11.4. The zero-order valence-electron chi connectivity index (χ0n) is 21.6. The van der Waals surface area contributed by atoms with Crippen LogP contribution in [0.3, 0.4) is 0 Å². The van der Waals surface area contributed by atoms with Crippen molar-refractivity contribution in [3.05, 3.63) is 63.5 Å². The number of alkyl carbamates (subject to hydrolysis) is 1. The van der Waals surface area contributed by atoms with Gasteiger partial charge in [-0.05, 0) is 50.1 Å². The lowest BCUT2D eigenvalue weighted by atomic mass is 10.0. The molecule has 0 heterocycles. The lowest BCUT2D eigenvalue weighted by Crippen LogP contribution is -2.53. The number of nitrogens with one attached hydrogen (secondary N) is 2. The highest BCUT2D eigenvalue weighted by molar-refractivity contribution is 5.90. The Balaban J connectivity index is 2.33. The Labute approximate surface area is 218 Å². The predicted octanol–water partition coefficient (Wildman–Crippen LogP) is 2.78. The number of phenolic OH excluding ortho intramolecular Hbond substituents is 1. The van der Waals surface area contributed by atoms with E-state index >= 15 is 0 Å². The molecule has 0 aliphatic rings. The lowest BCUT2D eigenvalue weighted by Gasteiger charge is -2.25. The zero-order valence-corrected chi connectivity index (χ0v) is 21.6. The first-order valence-corrected chi connectivity index (χ1v) is 11.4. The van der Waals surface area contributed by atoms with Gasteiger partial charge in [0.25, 0.3) is 0 Å². The van der Waals surface area contributed by atoms with Gasteiger partial charge >= 0.3 is 17.7 Å². The van der Waals surface area contributed by atoms with Crippen molar-refractivity contribution in [1.82, 2.24) is 10.6 Å². The Bertz CT molecular complexity index is 1200. The van der Waals surface area contributed by atoms with Crippen LogP contribution in [0.5, 0.6) is 11.5 Å². The van der Waals surface area contributed by atoms with Crippen LogP contribution in [0.25, 0.3) is 0 Å². The van der Waals surface area contributed by atoms with Gasteiger partial charge in [-0.2, -0.15) is 4.39 Å². The Morgan fingerprint density at radius 3 is 2.18 bits per heavy atom. The van der Waals surface area contributed by atoms with Gasteiger partial charge in [-0.15, -0.1) is 0 Å². The number of methoxy groups -OCH3 is 2. The molecule has 2 aromatic carbocycles. The van der Waals surface area contributed by atoms with Gasteiger partial charge in [-0.1, -0.05) is 12.1 Å². The van der Waals surface area contributed by atoms with Gasteiger partial charge in [0.15, 0.2) is 11.5 Å². The van der Waals surface area contributed by atoms with Crippen molar-refractivity contribution in [2.45, 2.75) is 51.3 Å². The SMILES string of the molecule is COC(=O)[C@H](Cc1ccc(OC)c(O)c1)NC(=O)[C@H](Cc1ccc(F)c([N+](=O)[O-])c1)NC(=O)OC(C)(C)C. The van der Waals surface area contributed by atoms with E-state index in [-0.39, 0.29) is 29.9 Å². The normalized spacial score (nSPS) is 12.6. The molecular weight excluding hydrogens is 505 g/mol. The Kier molecular flexibility index (Phi) is 9.96. The molecule has 2 rings (SSSR count). The number of hydrogen-bond donors (Lipinski definition) is 3. The molecule has 2 atom stereocenters. The van der Waals surface area contributed by atoms with Crippen LogP contribution in [0.1, 0.15) is 31.9 Å². The molecule has 0 aliphatic carbocycles. The smallest absolute Gasteiger partial charge is 0.408 e. The number of carbonyl (C=O) groups is 3. The molecule has 38 heavy (non-hydrogen) atoms. The highest BCUT2D eigenvalue weighted by Gasteiger charge is 2.30. The van der Waals surface area contributed by atoms with Crippen LogP contribution in [0.15, 0.2) is 36.4 Å². The number of benzene rings is 2. The van der Waals surface area contributed by atoms with Crippen LogP contribution in [0, 0.1) is 15.9 Å². The molecule has 12 nitrogen and oxygen atoms in total. The second-order valence-corrected chi connectivity index (χ2v) is 9.24. The number of nitrogens with zero attached hydrogens (tertiary/aromatic N) is 1. The van der Waals surface area contributed by atoms with E-state index in [2.05, 4.69) is 10.6 Å². The van der Waals surface area contributed by atoms with Gasteiger partial charge in [-0.3, -0.25) is 14.9 Å². The molecule has 3 N–H and O–H groups in total. The van der Waals surface area contributed by atoms with E-state index in [0.29, 0.717) is 5.56 Å². The van der Waals surface area contributed by atoms with E-state index in [9.17, 15) is 34.0 Å². The van der Waals surface area contributed by atoms with Crippen LogP contribution in [-0.2, 0) is 31.9 Å². The molecule has 0 unspecified atom stereocenters. The van der Waals surface area contributed by atoms with Crippen molar-refractivity contribution < 1.29 is 43.0 Å². The summed E-state index contributed by atoms with van der Waals surface area (Å²) >= 11 is 0. The van der Waals surface area contributed by atoms with Crippen LogP contribution in [0.4, 0.5) is 14.9 Å². The van der Waals surface area contributed by atoms with E-state index < -0.39 is 52.1 Å². The van der Waals surface area contributed by atoms with Crippen molar-refractivity contribution in [2.75, 3.05) is 14.2 Å². The topological polar surface area (TPSA) is 166 Å². The van der Waals surface area contributed by atoms with Crippen LogP contribution >= 0.6 is 0 Å². The monoisotopic (exact) mass is 535 g/mol. The third-order valence-corrected chi connectivity index (χ3v) is 5.14. The quantitative estimate of drug-likeness (QED) is 0.235. The van der Waals surface area contributed by atoms with E-state index in [1.54, 1.807) is 26.8 Å². The van der Waals surface area contributed by atoms with Crippen molar-refractivity contribution >= 4 is 23.7 Å². The minimum absolute atomic E-state index is 0.0862. The van der Waals surface area contributed by atoms with Crippen molar-refractivity contribution in [3.8, 4) is 11.5 Å². The number of nitro groups is 1. The average molecular weight is 536 g/mol. The Hall–Kier alpha value is -4.42. The fourth-order valence-corrected chi connectivity index (χ4v) is 3.43. The van der Waals surface area contributed by atoms with Crippen molar-refractivity contribution in [1.29, 1.82) is 0 Å². The maximum atomic E-state index is 13.8. The minimum Gasteiger partial charge on any atom is -0.504 e. The fraction of sp³-hybridized carbons (Fsp3) is 0.400. The maximum Gasteiger partial charge on any atom is 0.408 e. The van der Waals surface area contributed by atoms with Gasteiger partial charge in [0.2, 0.25) is 11.7 Å². The van der Waals surface area contributed by atoms with E-state index in [4.69, 9.17) is 14.2 Å². The number of aromatic hydroxyl groups is 1. The number of ether oxygens (including phenoxy) is 3. The summed E-state index contributed by atoms with van der Waals surface area (Å²) in [7, 11) is 2.50. The first-order chi connectivity index (χ1) is 17.7. The van der Waals surface area contributed by atoms with Crippen LogP contribution in [-0.4, -0.2) is 59.9 Å². The van der Waals surface area contributed by atoms with Crippen molar-refractivity contribution in [3.63, 3.8) is 0 Å². The van der Waals surface area contributed by atoms with Gasteiger partial charge in [0, 0.05) is 18.9 Å². The fourth-order valence-electron chi connectivity index (χ4n) is 3.43. The standard InChI is InChI=1S/C25H30FN3O9/c1-25(2,3)38-24(33)28-17(10-14-6-8-16(26)19(12-14)29(34)35)22(31)27-18(23(32)37-5)11-15-7-9-21(36-4)20(30)13-15/h6-9,12-13,17-18,30H,10-11H2,1-5H3,(H,27,31)(H,28,33)/t17-,18-/m0/s1. The number of hydrogen-bond acceptors (Lipinski definition) is 9. The van der Waals surface area contributed by atoms with Gasteiger partial charge in [0.05, 0.1) is 19.1 Å². The molecule has 13 heteroatoms. The molecule has 0 radical (unpaired) electrons. The molecule has 0 fully saturated rings. The number of carbonyl (C=O) groups excluding carboxylic acids is 3. The zero-order chi connectivity index (χ0) is 28.6. The Morgan fingerprint density at radius 2 is 1.63 bits per heavy atom. The highest BCUT2D eigenvalue weighted by Crippen LogP contribution is 2.27. The second kappa shape index (κ2) is 12.7. The summed E-state index contributed by atoms with van der Waals surface area (Å²) in [4.78, 5) is 48.4. The summed E-state index contributed by atoms with van der Waals surface area (Å²) in [6.45, 7) is 4.84. The Morgan fingerprint density at radius 1 is 1.03 bits per heavy atom. The number of rotatable bonds is 10. The van der Waals surface area contributed by atoms with Gasteiger partial charge < -0.3 is 30.0 Å². The number of amides is 2. The number of esters is 1. The van der Waals surface area contributed by atoms with E-state index in [1.165, 1.54) is 25.3 Å². The summed E-state index contributed by atoms with van der Waals surface area (Å²) in [5, 5.41) is 26.1. The third kappa shape index (κ3) is 8.61. The molecule has 0 aliphatic heterocycles. The lowest BCUT2D eigenvalue weighted by molar-refractivity contribution is -0.387. The number of phenols is 1. The number of nitro benzene ring substituents is 1. The third-order valence-electron chi connectivity index (χ3n) is 5.14. The molecule has 206 valence electrons. The minimum atomic E-state index is -1.37. The first kappa shape index (κ1) is 29.8. The molecule has 0 spiro atoms. The molecule has 0 aromatic heterocycles. The molecular formula is C25H30FN3O9. The van der Waals surface area contributed by atoms with Gasteiger partial charge in [0.1, 0.15) is 17.7 Å². The summed E-state index contributed by atoms with van der Waals surface area (Å²) in [5.74, 6) is -2.67. The number of halogens is 1. The average Bonchev–Trinajstić information content (AvgIpc) is 2.82. The maximum absolute atomic E-state index is 13.8. The molecule has 0 saturated heterocycles. The summed E-state index contributed by atoms with van der Waals surface area (Å²) in [6.07, 6.45) is -1.33. The van der Waals surface area contributed by atoms with E-state index in [0.717, 1.165) is 19.2 Å². The molecule has 2 amide bonds. The highest BCUT2D eigenvalue weighted by atomic mass is 19.1. The van der Waals surface area contributed by atoms with Crippen LogP contribution in [0.2, 0.25) is 0 Å². The molecule has 2 aromatic rings. The van der Waals surface area contributed by atoms with Crippen LogP contribution < -0.4 is 15.4 Å². The van der Waals surface area contributed by atoms with Gasteiger partial charge in [-0.25, -0.2) is 9.59 Å². The molecule has 0 bridgehead atoms.